The summed E-state index contributed by atoms with van der Waals surface area (Å²) < 4.78 is 5.59. The summed E-state index contributed by atoms with van der Waals surface area (Å²) in [7, 11) is 4.03. The number of hydrogen-bond donors (Lipinski definition) is 0. The first kappa shape index (κ1) is 29.1. The number of benzene rings is 2. The number of likely N-dealkylation sites (N-methyl/N-ethyl adjacent to an activating group) is 1. The average molecular weight is 469 g/mol. The summed E-state index contributed by atoms with van der Waals surface area (Å²) in [5.41, 5.74) is 5.37. The van der Waals surface area contributed by atoms with Crippen LogP contribution in [0.2, 0.25) is 0 Å². The Morgan fingerprint density at radius 3 is 2.65 bits per heavy atom. The van der Waals surface area contributed by atoms with E-state index in [0.717, 1.165) is 37.2 Å². The van der Waals surface area contributed by atoms with E-state index < -0.39 is 0 Å². The maximum atomic E-state index is 5.59. The molecule has 0 aliphatic heterocycles. The predicted molar refractivity (Wildman–Crippen MR) is 133 cm³/mol. The fraction of sp³-hybridized carbons (Fsp3) is 0.375. The lowest BCUT2D eigenvalue weighted by molar-refractivity contribution is 0.299. The van der Waals surface area contributed by atoms with E-state index in [1.54, 1.807) is 7.11 Å². The molecule has 5 nitrogen and oxygen atoms in total. The monoisotopic (exact) mass is 468 g/mol. The number of halogens is 2. The lowest BCUT2D eigenvalue weighted by Crippen LogP contribution is -2.28. The summed E-state index contributed by atoms with van der Waals surface area (Å²) in [6, 6.07) is 17.3. The van der Waals surface area contributed by atoms with Gasteiger partial charge in [-0.15, -0.1) is 24.8 Å². The molecule has 0 fully saturated rings. The molecule has 4 rings (SSSR count). The molecule has 1 atom stereocenters. The molecule has 2 aromatic carbocycles. The van der Waals surface area contributed by atoms with Gasteiger partial charge >= 0.3 is 0 Å². The molecule has 1 heterocycles. The third-order valence-electron chi connectivity index (χ3n) is 5.79. The normalized spacial score (nSPS) is 14.4. The number of pyridine rings is 1. The molecule has 0 saturated heterocycles. The second-order valence-corrected chi connectivity index (χ2v) is 7.66. The van der Waals surface area contributed by atoms with Gasteiger partial charge in [-0.05, 0) is 79.6 Å². The van der Waals surface area contributed by atoms with Crippen LogP contribution in [0.15, 0.2) is 54.7 Å². The highest BCUT2D eigenvalue weighted by Crippen LogP contribution is 2.36. The van der Waals surface area contributed by atoms with Crippen molar-refractivity contribution >= 4 is 35.7 Å². The first-order valence-corrected chi connectivity index (χ1v) is 9.92. The second-order valence-electron chi connectivity index (χ2n) is 7.66. The van der Waals surface area contributed by atoms with Crippen LogP contribution in [0, 0.1) is 0 Å². The minimum Gasteiger partial charge on any atom is -0.496 e. The minimum absolute atomic E-state index is 0. The van der Waals surface area contributed by atoms with Crippen molar-refractivity contribution in [3.05, 3.63) is 71.4 Å². The Morgan fingerprint density at radius 1 is 1.06 bits per heavy atom. The van der Waals surface area contributed by atoms with Gasteiger partial charge in [0.05, 0.1) is 12.6 Å². The van der Waals surface area contributed by atoms with Crippen molar-refractivity contribution in [1.82, 2.24) is 9.88 Å². The highest BCUT2D eigenvalue weighted by Gasteiger charge is 2.23. The molecule has 7 heteroatoms. The van der Waals surface area contributed by atoms with E-state index in [1.807, 2.05) is 12.3 Å². The summed E-state index contributed by atoms with van der Waals surface area (Å²) in [6.07, 6.45) is 6.59. The third-order valence-corrected chi connectivity index (χ3v) is 5.79. The molecule has 172 valence electrons. The molecule has 0 spiro atoms. The third kappa shape index (κ3) is 6.79. The predicted octanol–water partition coefficient (Wildman–Crippen LogP) is 4.03. The fourth-order valence-corrected chi connectivity index (χ4v) is 4.36. The Labute approximate surface area is 197 Å². The molecule has 1 aromatic heterocycles. The van der Waals surface area contributed by atoms with Crippen molar-refractivity contribution in [3.63, 3.8) is 0 Å². The van der Waals surface area contributed by atoms with E-state index in [-0.39, 0.29) is 35.8 Å². The summed E-state index contributed by atoms with van der Waals surface area (Å²) >= 11 is 0. The molecular formula is C24H34Cl2N2O3. The van der Waals surface area contributed by atoms with Crippen LogP contribution in [-0.4, -0.2) is 48.1 Å². The van der Waals surface area contributed by atoms with Gasteiger partial charge in [0.25, 0.3) is 0 Å². The highest BCUT2D eigenvalue weighted by atomic mass is 35.5. The van der Waals surface area contributed by atoms with Gasteiger partial charge < -0.3 is 20.6 Å². The zero-order valence-electron chi connectivity index (χ0n) is 18.1. The topological polar surface area (TPSA) is 88.4 Å². The lowest BCUT2D eigenvalue weighted by Gasteiger charge is -2.30. The zero-order valence-corrected chi connectivity index (χ0v) is 19.8. The van der Waals surface area contributed by atoms with Gasteiger partial charge in [-0.25, -0.2) is 0 Å². The van der Waals surface area contributed by atoms with Crippen molar-refractivity contribution < 1.29 is 15.7 Å². The van der Waals surface area contributed by atoms with Crippen LogP contribution >= 0.6 is 24.8 Å². The van der Waals surface area contributed by atoms with Gasteiger partial charge in [0.1, 0.15) is 5.75 Å². The Bertz CT molecular complexity index is 940. The molecule has 0 saturated carbocycles. The Kier molecular flexibility index (Phi) is 12.7. The summed E-state index contributed by atoms with van der Waals surface area (Å²) in [5.74, 6) is 1.67. The first-order valence-electron chi connectivity index (χ1n) is 9.92. The highest BCUT2D eigenvalue weighted by molar-refractivity contribution is 5.85. The van der Waals surface area contributed by atoms with Gasteiger partial charge in [0, 0.05) is 24.7 Å². The van der Waals surface area contributed by atoms with Crippen LogP contribution in [0.25, 0.3) is 10.9 Å². The molecule has 0 radical (unpaired) electrons. The zero-order chi connectivity index (χ0) is 18.6. The van der Waals surface area contributed by atoms with Gasteiger partial charge in [0.15, 0.2) is 0 Å². The van der Waals surface area contributed by atoms with Crippen LogP contribution in [0.5, 0.6) is 5.75 Å². The molecule has 0 bridgehead atoms. The van der Waals surface area contributed by atoms with E-state index in [4.69, 9.17) is 4.74 Å². The van der Waals surface area contributed by atoms with Gasteiger partial charge in [-0.1, -0.05) is 24.3 Å². The molecule has 4 N–H and O–H groups in total. The van der Waals surface area contributed by atoms with Crippen LogP contribution < -0.4 is 4.74 Å². The smallest absolute Gasteiger partial charge is 0.122 e. The van der Waals surface area contributed by atoms with E-state index >= 15 is 0 Å². The molecule has 31 heavy (non-hydrogen) atoms. The largest absolute Gasteiger partial charge is 0.496 e. The van der Waals surface area contributed by atoms with Crippen molar-refractivity contribution in [2.24, 2.45) is 0 Å². The number of methoxy groups -OCH3 is 1. The van der Waals surface area contributed by atoms with Gasteiger partial charge in [-0.2, -0.15) is 0 Å². The van der Waals surface area contributed by atoms with Crippen molar-refractivity contribution in [1.29, 1.82) is 0 Å². The van der Waals surface area contributed by atoms with E-state index in [2.05, 4.69) is 59.4 Å². The number of hydrogen-bond acceptors (Lipinski definition) is 3. The number of rotatable bonds is 6. The van der Waals surface area contributed by atoms with Gasteiger partial charge in [0.2, 0.25) is 0 Å². The molecule has 1 aliphatic carbocycles. The Balaban J connectivity index is 0.00000225. The molecular weight excluding hydrogens is 435 g/mol. The average Bonchev–Trinajstić information content (AvgIpc) is 2.72. The van der Waals surface area contributed by atoms with Crippen molar-refractivity contribution in [3.8, 4) is 5.75 Å². The van der Waals surface area contributed by atoms with Crippen LogP contribution in [0.1, 0.15) is 35.4 Å². The van der Waals surface area contributed by atoms with E-state index in [9.17, 15) is 0 Å². The second kappa shape index (κ2) is 13.5. The summed E-state index contributed by atoms with van der Waals surface area (Å²) in [5, 5.41) is 1.23. The number of ether oxygens (including phenoxy) is 1. The first-order chi connectivity index (χ1) is 13.2. The van der Waals surface area contributed by atoms with Crippen LogP contribution in [0.4, 0.5) is 0 Å². The molecule has 1 aliphatic rings. The van der Waals surface area contributed by atoms with Gasteiger partial charge in [-0.3, -0.25) is 4.98 Å². The standard InChI is InChI=1S/C24H28N2O.2ClH.2H2O/c1-26(15-13-18-11-12-23-19(16-18)7-5-14-25-23)17-20-6-3-9-22-21(20)8-4-10-24(22)27-2;;;;/h4-5,7-8,10-12,14,16,20H,3,6,9,13,15,17H2,1-2H3;2*1H;2*1H2. The maximum Gasteiger partial charge on any atom is 0.122 e. The Hall–Kier alpha value is -1.89. The molecule has 0 amide bonds. The number of nitrogens with zero attached hydrogens (tertiary/aromatic N) is 2. The summed E-state index contributed by atoms with van der Waals surface area (Å²) in [4.78, 5) is 6.89. The quantitative estimate of drug-likeness (QED) is 0.546. The SMILES string of the molecule is COc1cccc2c1CCCC2CN(C)CCc1ccc2ncccc2c1.Cl.Cl.O.O. The van der Waals surface area contributed by atoms with Crippen LogP contribution in [-0.2, 0) is 12.8 Å². The van der Waals surface area contributed by atoms with Crippen molar-refractivity contribution in [2.75, 3.05) is 27.2 Å². The minimum atomic E-state index is 0. The van der Waals surface area contributed by atoms with Crippen molar-refractivity contribution in [2.45, 2.75) is 31.6 Å². The fourth-order valence-electron chi connectivity index (χ4n) is 4.36. The molecule has 3 aromatic rings. The molecule has 1 unspecified atom stereocenters. The summed E-state index contributed by atoms with van der Waals surface area (Å²) in [6.45, 7) is 2.18. The number of fused-ring (bicyclic) bond motifs is 2. The van der Waals surface area contributed by atoms with Crippen LogP contribution in [0.3, 0.4) is 0 Å². The maximum absolute atomic E-state index is 5.59. The lowest BCUT2D eigenvalue weighted by atomic mass is 9.82. The van der Waals surface area contributed by atoms with E-state index in [1.165, 1.54) is 34.9 Å². The Morgan fingerprint density at radius 2 is 1.87 bits per heavy atom. The number of aromatic nitrogens is 1. The van der Waals surface area contributed by atoms with E-state index in [0.29, 0.717) is 5.92 Å².